The van der Waals surface area contributed by atoms with E-state index in [-0.39, 0.29) is 18.7 Å². The molecule has 1 aliphatic rings. The van der Waals surface area contributed by atoms with Crippen molar-refractivity contribution in [3.8, 4) is 5.75 Å². The average Bonchev–Trinajstić information content (AvgIpc) is 2.98. The summed E-state index contributed by atoms with van der Waals surface area (Å²) in [5, 5.41) is 5.78. The van der Waals surface area contributed by atoms with Crippen LogP contribution in [0.4, 0.5) is 0 Å². The Balaban J connectivity index is 1.54. The summed E-state index contributed by atoms with van der Waals surface area (Å²) in [7, 11) is 0. The van der Waals surface area contributed by atoms with E-state index in [2.05, 4.69) is 42.6 Å². The molecule has 1 amide bonds. The summed E-state index contributed by atoms with van der Waals surface area (Å²) >= 11 is 0. The number of amides is 1. The summed E-state index contributed by atoms with van der Waals surface area (Å²) in [6, 6.07) is 15.7. The molecule has 0 saturated heterocycles. The quantitative estimate of drug-likeness (QED) is 0.815. The van der Waals surface area contributed by atoms with Crippen LogP contribution in [-0.2, 0) is 16.1 Å². The smallest absolute Gasteiger partial charge is 0.276 e. The number of para-hydroxylation sites is 1. The highest BCUT2D eigenvalue weighted by atomic mass is 16.7. The first-order valence-corrected chi connectivity index (χ1v) is 9.07. The van der Waals surface area contributed by atoms with E-state index in [4.69, 9.17) is 9.57 Å². The molecule has 0 spiro atoms. The predicted molar refractivity (Wildman–Crippen MR) is 104 cm³/mol. The number of benzene rings is 2. The van der Waals surface area contributed by atoms with Crippen molar-refractivity contribution < 1.29 is 14.4 Å². The standard InChI is InChI=1S/C21H25N3O3/c1-15-11-16(2)13-18(12-15)9-10-20-23-27-17(3)24(20)22-21(25)14-26-19-7-5-4-6-8-19/h4-8,11-13,17H,9-10,14H2,1-3H3,(H,22,25). The van der Waals surface area contributed by atoms with Crippen LogP contribution in [0.5, 0.6) is 5.75 Å². The zero-order valence-electron chi connectivity index (χ0n) is 15.9. The summed E-state index contributed by atoms with van der Waals surface area (Å²) < 4.78 is 5.48. The van der Waals surface area contributed by atoms with E-state index in [9.17, 15) is 4.79 Å². The normalized spacial score (nSPS) is 15.9. The van der Waals surface area contributed by atoms with Gasteiger partial charge >= 0.3 is 0 Å². The van der Waals surface area contributed by atoms with Crippen molar-refractivity contribution in [1.29, 1.82) is 0 Å². The number of rotatable bonds is 7. The van der Waals surface area contributed by atoms with E-state index >= 15 is 0 Å². The molecule has 6 nitrogen and oxygen atoms in total. The van der Waals surface area contributed by atoms with Gasteiger partial charge in [0.2, 0.25) is 6.23 Å². The van der Waals surface area contributed by atoms with Crippen molar-refractivity contribution in [1.82, 2.24) is 10.4 Å². The molecule has 142 valence electrons. The summed E-state index contributed by atoms with van der Waals surface area (Å²) in [4.78, 5) is 17.6. The Morgan fingerprint density at radius 3 is 2.56 bits per heavy atom. The molecule has 0 fully saturated rings. The number of amidine groups is 1. The van der Waals surface area contributed by atoms with E-state index in [1.54, 1.807) is 5.01 Å². The Bertz CT molecular complexity index is 800. The van der Waals surface area contributed by atoms with Gasteiger partial charge in [-0.15, -0.1) is 0 Å². The number of hydrogen-bond acceptors (Lipinski definition) is 5. The number of carbonyl (C=O) groups is 1. The maximum absolute atomic E-state index is 12.2. The van der Waals surface area contributed by atoms with E-state index in [0.717, 1.165) is 6.42 Å². The summed E-state index contributed by atoms with van der Waals surface area (Å²) in [6.07, 6.45) is 1.15. The lowest BCUT2D eigenvalue weighted by atomic mass is 10.0. The Morgan fingerprint density at radius 2 is 1.85 bits per heavy atom. The lowest BCUT2D eigenvalue weighted by Gasteiger charge is -2.23. The Morgan fingerprint density at radius 1 is 1.15 bits per heavy atom. The third-order valence-electron chi connectivity index (χ3n) is 4.23. The molecule has 2 aromatic carbocycles. The third-order valence-corrected chi connectivity index (χ3v) is 4.23. The van der Waals surface area contributed by atoms with Gasteiger partial charge in [0, 0.05) is 6.42 Å². The zero-order chi connectivity index (χ0) is 19.2. The van der Waals surface area contributed by atoms with E-state index < -0.39 is 0 Å². The third kappa shape index (κ3) is 5.23. The number of aryl methyl sites for hydroxylation is 3. The highest BCUT2D eigenvalue weighted by Gasteiger charge is 2.28. The van der Waals surface area contributed by atoms with Gasteiger partial charge < -0.3 is 9.57 Å². The predicted octanol–water partition coefficient (Wildman–Crippen LogP) is 3.34. The average molecular weight is 367 g/mol. The Hall–Kier alpha value is -3.02. The molecule has 2 aromatic rings. The van der Waals surface area contributed by atoms with Crippen LogP contribution in [0.15, 0.2) is 53.7 Å². The van der Waals surface area contributed by atoms with Gasteiger partial charge in [0.1, 0.15) is 5.75 Å². The molecule has 1 atom stereocenters. The second-order valence-corrected chi connectivity index (χ2v) is 6.71. The number of oxime groups is 1. The molecule has 1 heterocycles. The maximum Gasteiger partial charge on any atom is 0.276 e. The molecule has 0 aromatic heterocycles. The van der Waals surface area contributed by atoms with Crippen LogP contribution in [0.25, 0.3) is 0 Å². The van der Waals surface area contributed by atoms with Crippen LogP contribution in [0.1, 0.15) is 30.0 Å². The molecule has 27 heavy (non-hydrogen) atoms. The lowest BCUT2D eigenvalue weighted by molar-refractivity contribution is -0.129. The van der Waals surface area contributed by atoms with Crippen LogP contribution in [0.3, 0.4) is 0 Å². The van der Waals surface area contributed by atoms with Crippen LogP contribution in [-0.4, -0.2) is 29.6 Å². The molecule has 3 rings (SSSR count). The fourth-order valence-corrected chi connectivity index (χ4v) is 3.06. The Kier molecular flexibility index (Phi) is 5.96. The molecule has 0 radical (unpaired) electrons. The van der Waals surface area contributed by atoms with Gasteiger partial charge in [-0.1, -0.05) is 52.7 Å². The van der Waals surface area contributed by atoms with Gasteiger partial charge in [-0.3, -0.25) is 10.2 Å². The summed E-state index contributed by atoms with van der Waals surface area (Å²) in [5.41, 5.74) is 6.55. The van der Waals surface area contributed by atoms with E-state index in [1.165, 1.54) is 16.7 Å². The fourth-order valence-electron chi connectivity index (χ4n) is 3.06. The summed E-state index contributed by atoms with van der Waals surface area (Å²) in [6.45, 7) is 5.95. The molecular weight excluding hydrogens is 342 g/mol. The lowest BCUT2D eigenvalue weighted by Crippen LogP contribution is -2.49. The van der Waals surface area contributed by atoms with Gasteiger partial charge in [0.05, 0.1) is 0 Å². The maximum atomic E-state index is 12.2. The highest BCUT2D eigenvalue weighted by molar-refractivity contribution is 5.86. The van der Waals surface area contributed by atoms with Gasteiger partial charge in [0.25, 0.3) is 5.91 Å². The van der Waals surface area contributed by atoms with Crippen molar-refractivity contribution >= 4 is 11.7 Å². The number of carbonyl (C=O) groups excluding carboxylic acids is 1. The molecule has 0 aliphatic carbocycles. The monoisotopic (exact) mass is 367 g/mol. The largest absolute Gasteiger partial charge is 0.484 e. The van der Waals surface area contributed by atoms with Crippen molar-refractivity contribution in [2.45, 2.75) is 39.8 Å². The van der Waals surface area contributed by atoms with Crippen LogP contribution in [0.2, 0.25) is 0 Å². The van der Waals surface area contributed by atoms with Gasteiger partial charge in [-0.2, -0.15) is 0 Å². The topological polar surface area (TPSA) is 63.2 Å². The number of nitrogens with zero attached hydrogens (tertiary/aromatic N) is 2. The second kappa shape index (κ2) is 8.58. The van der Waals surface area contributed by atoms with Gasteiger partial charge in [-0.25, -0.2) is 5.01 Å². The number of ether oxygens (including phenoxy) is 1. The van der Waals surface area contributed by atoms with E-state index in [1.807, 2.05) is 37.3 Å². The molecule has 0 bridgehead atoms. The molecule has 1 unspecified atom stereocenters. The SMILES string of the molecule is Cc1cc(C)cc(CCC2=NOC(C)N2NC(=O)COc2ccccc2)c1. The first-order chi connectivity index (χ1) is 13.0. The van der Waals surface area contributed by atoms with Crippen LogP contribution >= 0.6 is 0 Å². The van der Waals surface area contributed by atoms with Crippen LogP contribution < -0.4 is 10.2 Å². The first kappa shape index (κ1) is 18.8. The number of hydrazine groups is 1. The van der Waals surface area contributed by atoms with Gasteiger partial charge in [0.15, 0.2) is 12.4 Å². The Labute approximate surface area is 159 Å². The fraction of sp³-hybridized carbons (Fsp3) is 0.333. The minimum atomic E-state index is -0.347. The van der Waals surface area contributed by atoms with E-state index in [0.29, 0.717) is 18.0 Å². The van der Waals surface area contributed by atoms with Crippen molar-refractivity contribution in [2.24, 2.45) is 5.16 Å². The van der Waals surface area contributed by atoms with Gasteiger partial charge in [-0.05, 0) is 44.9 Å². The van der Waals surface area contributed by atoms with Crippen molar-refractivity contribution in [2.75, 3.05) is 6.61 Å². The molecule has 1 N–H and O–H groups in total. The van der Waals surface area contributed by atoms with Crippen molar-refractivity contribution in [3.05, 3.63) is 65.2 Å². The molecule has 0 saturated carbocycles. The minimum Gasteiger partial charge on any atom is -0.484 e. The summed E-state index contributed by atoms with van der Waals surface area (Å²) in [5.74, 6) is 1.10. The number of nitrogens with one attached hydrogen (secondary N) is 1. The minimum absolute atomic E-state index is 0.0718. The molecule has 1 aliphatic heterocycles. The number of hydrogen-bond donors (Lipinski definition) is 1. The molecular formula is C21H25N3O3. The molecule has 6 heteroatoms. The van der Waals surface area contributed by atoms with Crippen molar-refractivity contribution in [3.63, 3.8) is 0 Å². The second-order valence-electron chi connectivity index (χ2n) is 6.71. The first-order valence-electron chi connectivity index (χ1n) is 9.07. The van der Waals surface area contributed by atoms with Crippen LogP contribution in [0, 0.1) is 13.8 Å². The zero-order valence-corrected chi connectivity index (χ0v) is 15.9. The highest BCUT2D eigenvalue weighted by Crippen LogP contribution is 2.16.